The molecule has 1 aliphatic rings. The fourth-order valence-electron chi connectivity index (χ4n) is 2.81. The van der Waals surface area contributed by atoms with E-state index in [9.17, 15) is 9.18 Å². The summed E-state index contributed by atoms with van der Waals surface area (Å²) in [5.74, 6) is -0.906. The van der Waals surface area contributed by atoms with E-state index in [-0.39, 0.29) is 17.5 Å². The zero-order valence-corrected chi connectivity index (χ0v) is 14.2. The van der Waals surface area contributed by atoms with Crippen LogP contribution >= 0.6 is 0 Å². The predicted molar refractivity (Wildman–Crippen MR) is 96.4 cm³/mol. The molecule has 0 spiro atoms. The largest absolute Gasteiger partial charge is 0.397 e. The SMILES string of the molecule is Cc1cc(F)c(C(=O)NC2CC2)cc1-n1cnc(-c2cncc(N)c2)c1. The Morgan fingerprint density at radius 3 is 2.85 bits per heavy atom. The van der Waals surface area contributed by atoms with Crippen LogP contribution in [0.4, 0.5) is 10.1 Å². The molecule has 1 saturated carbocycles. The summed E-state index contributed by atoms with van der Waals surface area (Å²) >= 11 is 0. The first-order valence-electron chi connectivity index (χ1n) is 8.37. The van der Waals surface area contributed by atoms with Gasteiger partial charge in [0, 0.05) is 30.2 Å². The van der Waals surface area contributed by atoms with Crippen molar-refractivity contribution in [2.45, 2.75) is 25.8 Å². The molecule has 7 heteroatoms. The van der Waals surface area contributed by atoms with Gasteiger partial charge in [0.05, 0.1) is 29.0 Å². The number of nitrogen functional groups attached to an aromatic ring is 1. The van der Waals surface area contributed by atoms with E-state index in [1.807, 2.05) is 0 Å². The molecule has 4 rings (SSSR count). The molecule has 1 aliphatic carbocycles. The zero-order valence-electron chi connectivity index (χ0n) is 14.2. The molecule has 0 aliphatic heterocycles. The number of aromatic nitrogens is 3. The summed E-state index contributed by atoms with van der Waals surface area (Å²) in [5.41, 5.74) is 9.24. The Balaban J connectivity index is 1.70. The highest BCUT2D eigenvalue weighted by molar-refractivity contribution is 5.95. The van der Waals surface area contributed by atoms with Crippen LogP contribution in [0.25, 0.3) is 16.9 Å². The van der Waals surface area contributed by atoms with E-state index in [0.717, 1.165) is 18.4 Å². The molecule has 26 heavy (non-hydrogen) atoms. The average Bonchev–Trinajstić information content (AvgIpc) is 3.28. The monoisotopic (exact) mass is 351 g/mol. The number of pyridine rings is 1. The van der Waals surface area contributed by atoms with Gasteiger partial charge in [-0.25, -0.2) is 9.37 Å². The first kappa shape index (κ1) is 16.3. The van der Waals surface area contributed by atoms with Crippen LogP contribution < -0.4 is 11.1 Å². The molecule has 132 valence electrons. The summed E-state index contributed by atoms with van der Waals surface area (Å²) in [4.78, 5) is 20.7. The van der Waals surface area contributed by atoms with Crippen molar-refractivity contribution in [3.8, 4) is 16.9 Å². The van der Waals surface area contributed by atoms with E-state index in [1.54, 1.807) is 48.5 Å². The Morgan fingerprint density at radius 1 is 1.31 bits per heavy atom. The number of carbonyl (C=O) groups excluding carboxylic acids is 1. The van der Waals surface area contributed by atoms with Gasteiger partial charge in [0.2, 0.25) is 0 Å². The molecule has 0 bridgehead atoms. The molecule has 0 radical (unpaired) electrons. The van der Waals surface area contributed by atoms with Crippen LogP contribution in [-0.2, 0) is 0 Å². The van der Waals surface area contributed by atoms with E-state index >= 15 is 0 Å². The predicted octanol–water partition coefficient (Wildman–Crippen LogP) is 2.86. The number of rotatable bonds is 4. The molecule has 0 saturated heterocycles. The van der Waals surface area contributed by atoms with Crippen molar-refractivity contribution in [1.82, 2.24) is 19.9 Å². The van der Waals surface area contributed by atoms with Gasteiger partial charge in [0.1, 0.15) is 5.82 Å². The van der Waals surface area contributed by atoms with Gasteiger partial charge < -0.3 is 15.6 Å². The number of amides is 1. The summed E-state index contributed by atoms with van der Waals surface area (Å²) in [5, 5.41) is 2.82. The number of benzene rings is 1. The van der Waals surface area contributed by atoms with Crippen molar-refractivity contribution < 1.29 is 9.18 Å². The van der Waals surface area contributed by atoms with Crippen molar-refractivity contribution in [1.29, 1.82) is 0 Å². The number of nitrogens with zero attached hydrogens (tertiary/aromatic N) is 3. The Bertz CT molecular complexity index is 993. The number of aryl methyl sites for hydroxylation is 1. The van der Waals surface area contributed by atoms with Crippen LogP contribution in [0.2, 0.25) is 0 Å². The minimum atomic E-state index is -0.523. The van der Waals surface area contributed by atoms with Crippen LogP contribution in [0.1, 0.15) is 28.8 Å². The van der Waals surface area contributed by atoms with Crippen molar-refractivity contribution in [3.63, 3.8) is 0 Å². The molecule has 6 nitrogen and oxygen atoms in total. The van der Waals surface area contributed by atoms with Gasteiger partial charge in [-0.15, -0.1) is 0 Å². The first-order chi connectivity index (χ1) is 12.5. The summed E-state index contributed by atoms with van der Waals surface area (Å²) in [7, 11) is 0. The average molecular weight is 351 g/mol. The quantitative estimate of drug-likeness (QED) is 0.757. The topological polar surface area (TPSA) is 85.8 Å². The lowest BCUT2D eigenvalue weighted by Crippen LogP contribution is -2.26. The van der Waals surface area contributed by atoms with Crippen LogP contribution in [0, 0.1) is 12.7 Å². The molecular formula is C19H18FN5O. The Kier molecular flexibility index (Phi) is 3.91. The smallest absolute Gasteiger partial charge is 0.254 e. The van der Waals surface area contributed by atoms with E-state index in [1.165, 1.54) is 6.07 Å². The lowest BCUT2D eigenvalue weighted by molar-refractivity contribution is 0.0947. The van der Waals surface area contributed by atoms with Crippen LogP contribution in [0.15, 0.2) is 43.1 Å². The maximum Gasteiger partial charge on any atom is 0.254 e. The molecule has 1 aromatic carbocycles. The number of carbonyl (C=O) groups is 1. The molecule has 1 amide bonds. The van der Waals surface area contributed by atoms with Crippen molar-refractivity contribution in [3.05, 3.63) is 60.1 Å². The molecule has 3 N–H and O–H groups in total. The second-order valence-corrected chi connectivity index (χ2v) is 6.54. The summed E-state index contributed by atoms with van der Waals surface area (Å²) in [6.45, 7) is 1.79. The van der Waals surface area contributed by atoms with Gasteiger partial charge in [-0.3, -0.25) is 9.78 Å². The van der Waals surface area contributed by atoms with Gasteiger partial charge in [-0.05, 0) is 43.5 Å². The minimum Gasteiger partial charge on any atom is -0.397 e. The van der Waals surface area contributed by atoms with Gasteiger partial charge in [-0.2, -0.15) is 0 Å². The van der Waals surface area contributed by atoms with Gasteiger partial charge >= 0.3 is 0 Å². The van der Waals surface area contributed by atoms with Gasteiger partial charge in [0.25, 0.3) is 5.91 Å². The third-order valence-electron chi connectivity index (χ3n) is 4.36. The van der Waals surface area contributed by atoms with Gasteiger partial charge in [-0.1, -0.05) is 0 Å². The fraction of sp³-hybridized carbons (Fsp3) is 0.211. The van der Waals surface area contributed by atoms with Crippen LogP contribution in [0.5, 0.6) is 0 Å². The molecule has 2 aromatic heterocycles. The summed E-state index contributed by atoms with van der Waals surface area (Å²) < 4.78 is 16.0. The lowest BCUT2D eigenvalue weighted by Gasteiger charge is -2.11. The van der Waals surface area contributed by atoms with Crippen LogP contribution in [-0.4, -0.2) is 26.5 Å². The molecule has 1 fully saturated rings. The molecular weight excluding hydrogens is 333 g/mol. The lowest BCUT2D eigenvalue weighted by atomic mass is 10.1. The van der Waals surface area contributed by atoms with E-state index in [2.05, 4.69) is 15.3 Å². The minimum absolute atomic E-state index is 0.0402. The summed E-state index contributed by atoms with van der Waals surface area (Å²) in [6.07, 6.45) is 8.57. The number of halogens is 1. The van der Waals surface area contributed by atoms with E-state index in [4.69, 9.17) is 5.73 Å². The summed E-state index contributed by atoms with van der Waals surface area (Å²) in [6, 6.07) is 4.89. The standard InChI is InChI=1S/C19H18FN5O/c1-11-4-16(20)15(19(26)24-14-2-3-14)6-18(11)25-9-17(23-10-25)12-5-13(21)8-22-7-12/h4-10,14H,2-3,21H2,1H3,(H,24,26). The maximum atomic E-state index is 14.3. The number of hydrogen-bond donors (Lipinski definition) is 2. The highest BCUT2D eigenvalue weighted by Crippen LogP contribution is 2.25. The number of hydrogen-bond acceptors (Lipinski definition) is 4. The highest BCUT2D eigenvalue weighted by atomic mass is 19.1. The first-order valence-corrected chi connectivity index (χ1v) is 8.37. The molecule has 0 atom stereocenters. The second kappa shape index (κ2) is 6.25. The number of nitrogens with one attached hydrogen (secondary N) is 1. The molecule has 3 aromatic rings. The third-order valence-corrected chi connectivity index (χ3v) is 4.36. The molecule has 2 heterocycles. The normalized spacial score (nSPS) is 13.6. The van der Waals surface area contributed by atoms with Crippen LogP contribution in [0.3, 0.4) is 0 Å². The third kappa shape index (κ3) is 3.15. The maximum absolute atomic E-state index is 14.3. The number of anilines is 1. The van der Waals surface area contributed by atoms with Crippen molar-refractivity contribution >= 4 is 11.6 Å². The second-order valence-electron chi connectivity index (χ2n) is 6.54. The van der Waals surface area contributed by atoms with E-state index in [0.29, 0.717) is 22.6 Å². The Labute approximate surface area is 149 Å². The number of nitrogens with two attached hydrogens (primary N) is 1. The molecule has 0 unspecified atom stereocenters. The van der Waals surface area contributed by atoms with Crippen molar-refractivity contribution in [2.24, 2.45) is 0 Å². The van der Waals surface area contributed by atoms with Crippen molar-refractivity contribution in [2.75, 3.05) is 5.73 Å². The van der Waals surface area contributed by atoms with E-state index < -0.39 is 5.82 Å². The Hall–Kier alpha value is -3.22. The van der Waals surface area contributed by atoms with Gasteiger partial charge in [0.15, 0.2) is 0 Å². The highest BCUT2D eigenvalue weighted by Gasteiger charge is 2.25. The zero-order chi connectivity index (χ0) is 18.3. The number of imidazole rings is 1. The Morgan fingerprint density at radius 2 is 2.12 bits per heavy atom. The fourth-order valence-corrected chi connectivity index (χ4v) is 2.81.